The summed E-state index contributed by atoms with van der Waals surface area (Å²) in [7, 11) is 0. The summed E-state index contributed by atoms with van der Waals surface area (Å²) in [6.45, 7) is 6.04. The zero-order valence-electron chi connectivity index (χ0n) is 18.2. The number of fused-ring (bicyclic) bond motifs is 1. The van der Waals surface area contributed by atoms with Gasteiger partial charge in [0.2, 0.25) is 0 Å². The van der Waals surface area contributed by atoms with Gasteiger partial charge < -0.3 is 14.4 Å². The summed E-state index contributed by atoms with van der Waals surface area (Å²) < 4.78 is 10.8. The number of imide groups is 1. The highest BCUT2D eigenvalue weighted by atomic mass is 16.5. The smallest absolute Gasteiger partial charge is 0.338 e. The fourth-order valence-corrected chi connectivity index (χ4v) is 4.08. The number of hydrogen-bond acceptors (Lipinski definition) is 6. The maximum absolute atomic E-state index is 12.9. The minimum absolute atomic E-state index is 0.0881. The number of esters is 1. The summed E-state index contributed by atoms with van der Waals surface area (Å²) in [5.41, 5.74) is 1.75. The quantitative estimate of drug-likeness (QED) is 0.540. The van der Waals surface area contributed by atoms with Crippen LogP contribution in [0.1, 0.15) is 50.5 Å². The second-order valence-electron chi connectivity index (χ2n) is 8.12. The van der Waals surface area contributed by atoms with Gasteiger partial charge in [-0.25, -0.2) is 9.69 Å². The molecule has 0 unspecified atom stereocenters. The van der Waals surface area contributed by atoms with E-state index in [4.69, 9.17) is 9.47 Å². The first-order valence-electron chi connectivity index (χ1n) is 10.4. The van der Waals surface area contributed by atoms with Crippen molar-refractivity contribution in [1.82, 2.24) is 4.90 Å². The number of morpholine rings is 1. The van der Waals surface area contributed by atoms with Gasteiger partial charge in [0.1, 0.15) is 0 Å². The van der Waals surface area contributed by atoms with Crippen molar-refractivity contribution in [1.29, 1.82) is 0 Å². The van der Waals surface area contributed by atoms with E-state index in [2.05, 4.69) is 0 Å². The van der Waals surface area contributed by atoms with Crippen molar-refractivity contribution in [3.63, 3.8) is 0 Å². The summed E-state index contributed by atoms with van der Waals surface area (Å²) in [5, 5.41) is 0. The number of anilines is 1. The second kappa shape index (κ2) is 8.55. The summed E-state index contributed by atoms with van der Waals surface area (Å²) >= 11 is 0. The van der Waals surface area contributed by atoms with Gasteiger partial charge in [0, 0.05) is 13.1 Å². The molecule has 2 aliphatic rings. The lowest BCUT2D eigenvalue weighted by Crippen LogP contribution is -2.49. The first-order chi connectivity index (χ1) is 15.3. The predicted molar refractivity (Wildman–Crippen MR) is 116 cm³/mol. The molecule has 3 amide bonds. The molecule has 32 heavy (non-hydrogen) atoms. The number of para-hydroxylation sites is 1. The Hall–Kier alpha value is -3.52. The van der Waals surface area contributed by atoms with Crippen LogP contribution in [0, 0.1) is 6.92 Å². The molecule has 0 aliphatic carbocycles. The molecule has 2 aromatic rings. The van der Waals surface area contributed by atoms with Crippen LogP contribution in [0.25, 0.3) is 0 Å². The first-order valence-corrected chi connectivity index (χ1v) is 10.4. The van der Waals surface area contributed by atoms with Crippen LogP contribution in [-0.2, 0) is 14.3 Å². The van der Waals surface area contributed by atoms with Crippen LogP contribution in [0.2, 0.25) is 0 Å². The number of carbonyl (C=O) groups excluding carboxylic acids is 4. The van der Waals surface area contributed by atoms with Crippen molar-refractivity contribution < 1.29 is 28.7 Å². The number of aryl methyl sites for hydroxylation is 1. The zero-order valence-corrected chi connectivity index (χ0v) is 18.2. The predicted octanol–water partition coefficient (Wildman–Crippen LogP) is 2.59. The molecule has 8 nitrogen and oxygen atoms in total. The van der Waals surface area contributed by atoms with E-state index in [1.54, 1.807) is 17.0 Å². The standard InChI is InChI=1S/C24H24N2O6/c1-14-6-4-5-7-20(14)26-22(28)18-9-8-17(10-19(18)23(26)29)24(30)31-13-21(27)25-11-15(2)32-16(3)12-25/h4-10,15-16H,11-13H2,1-3H3/t15-,16-/m1/s1. The fraction of sp³-hybridized carbons (Fsp3) is 0.333. The highest BCUT2D eigenvalue weighted by Crippen LogP contribution is 2.31. The summed E-state index contributed by atoms with van der Waals surface area (Å²) in [6, 6.07) is 11.3. The Morgan fingerprint density at radius 3 is 2.34 bits per heavy atom. The van der Waals surface area contributed by atoms with E-state index < -0.39 is 24.4 Å². The minimum atomic E-state index is -0.731. The lowest BCUT2D eigenvalue weighted by molar-refractivity contribution is -0.146. The average Bonchev–Trinajstić information content (AvgIpc) is 3.01. The molecule has 8 heteroatoms. The zero-order chi connectivity index (χ0) is 23.0. The van der Waals surface area contributed by atoms with Crippen LogP contribution in [0.15, 0.2) is 42.5 Å². The van der Waals surface area contributed by atoms with Gasteiger partial charge >= 0.3 is 5.97 Å². The van der Waals surface area contributed by atoms with Crippen molar-refractivity contribution in [3.05, 3.63) is 64.7 Å². The summed E-state index contributed by atoms with van der Waals surface area (Å²) in [4.78, 5) is 53.4. The number of hydrogen-bond donors (Lipinski definition) is 0. The van der Waals surface area contributed by atoms with Crippen molar-refractivity contribution in [2.45, 2.75) is 33.0 Å². The minimum Gasteiger partial charge on any atom is -0.452 e. The molecule has 0 spiro atoms. The molecule has 0 radical (unpaired) electrons. The Kier molecular flexibility index (Phi) is 5.80. The van der Waals surface area contributed by atoms with E-state index in [1.165, 1.54) is 18.2 Å². The summed E-state index contributed by atoms with van der Waals surface area (Å²) in [5.74, 6) is -1.98. The van der Waals surface area contributed by atoms with E-state index in [0.717, 1.165) is 10.5 Å². The molecule has 1 saturated heterocycles. The molecule has 0 aromatic heterocycles. The Balaban J connectivity index is 1.47. The van der Waals surface area contributed by atoms with E-state index >= 15 is 0 Å². The molecule has 2 aliphatic heterocycles. The van der Waals surface area contributed by atoms with E-state index in [9.17, 15) is 19.2 Å². The monoisotopic (exact) mass is 436 g/mol. The van der Waals surface area contributed by atoms with Crippen LogP contribution in [0.4, 0.5) is 5.69 Å². The lowest BCUT2D eigenvalue weighted by atomic mass is 10.1. The molecule has 2 aromatic carbocycles. The Morgan fingerprint density at radius 2 is 1.66 bits per heavy atom. The normalized spacial score (nSPS) is 20.3. The molecular weight excluding hydrogens is 412 g/mol. The van der Waals surface area contributed by atoms with Crippen molar-refractivity contribution in [3.8, 4) is 0 Å². The molecule has 2 atom stereocenters. The maximum Gasteiger partial charge on any atom is 0.338 e. The van der Waals surface area contributed by atoms with Crippen LogP contribution in [0.3, 0.4) is 0 Å². The average molecular weight is 436 g/mol. The number of rotatable bonds is 4. The van der Waals surface area contributed by atoms with Crippen LogP contribution < -0.4 is 4.90 Å². The maximum atomic E-state index is 12.9. The molecular formula is C24H24N2O6. The van der Waals surface area contributed by atoms with E-state index in [-0.39, 0.29) is 34.8 Å². The van der Waals surface area contributed by atoms with Crippen molar-refractivity contribution >= 4 is 29.4 Å². The third-order valence-electron chi connectivity index (χ3n) is 5.58. The number of carbonyl (C=O) groups is 4. The van der Waals surface area contributed by atoms with Crippen LogP contribution in [-0.4, -0.2) is 60.5 Å². The third kappa shape index (κ3) is 4.01. The van der Waals surface area contributed by atoms with Crippen LogP contribution >= 0.6 is 0 Å². The SMILES string of the molecule is Cc1ccccc1N1C(=O)c2ccc(C(=O)OCC(=O)N3C[C@@H](C)O[C@H](C)C3)cc2C1=O. The number of benzene rings is 2. The van der Waals surface area contributed by atoms with Crippen LogP contribution in [0.5, 0.6) is 0 Å². The van der Waals surface area contributed by atoms with Gasteiger partial charge in [-0.15, -0.1) is 0 Å². The highest BCUT2D eigenvalue weighted by Gasteiger charge is 2.38. The molecule has 166 valence electrons. The van der Waals surface area contributed by atoms with Gasteiger partial charge in [-0.3, -0.25) is 14.4 Å². The highest BCUT2D eigenvalue weighted by molar-refractivity contribution is 6.34. The topological polar surface area (TPSA) is 93.2 Å². The molecule has 0 bridgehead atoms. The van der Waals surface area contributed by atoms with E-state index in [1.807, 2.05) is 32.9 Å². The van der Waals surface area contributed by atoms with Gasteiger partial charge in [-0.1, -0.05) is 18.2 Å². The first kappa shape index (κ1) is 21.7. The number of nitrogens with zero attached hydrogens (tertiary/aromatic N) is 2. The van der Waals surface area contributed by atoms with Gasteiger partial charge in [-0.05, 0) is 50.6 Å². The fourth-order valence-electron chi connectivity index (χ4n) is 4.08. The Labute approximate surface area is 185 Å². The Bertz CT molecular complexity index is 1100. The molecule has 2 heterocycles. The molecule has 0 N–H and O–H groups in total. The molecule has 1 fully saturated rings. The number of ether oxygens (including phenoxy) is 2. The van der Waals surface area contributed by atoms with Crippen molar-refractivity contribution in [2.75, 3.05) is 24.6 Å². The second-order valence-corrected chi connectivity index (χ2v) is 8.12. The lowest BCUT2D eigenvalue weighted by Gasteiger charge is -2.35. The van der Waals surface area contributed by atoms with Gasteiger partial charge in [0.05, 0.1) is 34.6 Å². The summed E-state index contributed by atoms with van der Waals surface area (Å²) in [6.07, 6.45) is -0.176. The van der Waals surface area contributed by atoms with Crippen molar-refractivity contribution in [2.24, 2.45) is 0 Å². The number of amides is 3. The van der Waals surface area contributed by atoms with Gasteiger partial charge in [-0.2, -0.15) is 0 Å². The van der Waals surface area contributed by atoms with Gasteiger partial charge in [0.15, 0.2) is 6.61 Å². The van der Waals surface area contributed by atoms with Gasteiger partial charge in [0.25, 0.3) is 17.7 Å². The Morgan fingerprint density at radius 1 is 1.00 bits per heavy atom. The van der Waals surface area contributed by atoms with E-state index in [0.29, 0.717) is 18.8 Å². The molecule has 0 saturated carbocycles. The third-order valence-corrected chi connectivity index (χ3v) is 5.58. The largest absolute Gasteiger partial charge is 0.452 e. The molecule has 4 rings (SSSR count).